The third kappa shape index (κ3) is 2.61. The molecule has 1 aromatic rings. The lowest BCUT2D eigenvalue weighted by Crippen LogP contribution is -2.57. The second kappa shape index (κ2) is 5.07. The van der Waals surface area contributed by atoms with Crippen LogP contribution in [0.3, 0.4) is 0 Å². The van der Waals surface area contributed by atoms with Gasteiger partial charge in [-0.1, -0.05) is 17.7 Å². The summed E-state index contributed by atoms with van der Waals surface area (Å²) in [4.78, 5) is 4.63. The van der Waals surface area contributed by atoms with Crippen LogP contribution in [0.2, 0.25) is 0 Å². The Kier molecular flexibility index (Phi) is 3.69. The second-order valence-corrected chi connectivity index (χ2v) is 5.09. The van der Waals surface area contributed by atoms with E-state index in [0.717, 1.165) is 13.1 Å². The van der Waals surface area contributed by atoms with E-state index in [9.17, 15) is 5.11 Å². The van der Waals surface area contributed by atoms with Gasteiger partial charge in [-0.2, -0.15) is 0 Å². The Morgan fingerprint density at radius 2 is 1.88 bits per heavy atom. The van der Waals surface area contributed by atoms with E-state index in [4.69, 9.17) is 0 Å². The number of aliphatic hydroxyl groups is 1. The van der Waals surface area contributed by atoms with Crippen LogP contribution >= 0.6 is 0 Å². The molecular formula is C14H22N2O. The second-order valence-electron chi connectivity index (χ2n) is 5.09. The van der Waals surface area contributed by atoms with Gasteiger partial charge in [0, 0.05) is 24.8 Å². The highest BCUT2D eigenvalue weighted by molar-refractivity contribution is 5.48. The highest BCUT2D eigenvalue weighted by Crippen LogP contribution is 2.21. The lowest BCUT2D eigenvalue weighted by molar-refractivity contribution is 0.0996. The van der Waals surface area contributed by atoms with Crippen LogP contribution < -0.4 is 4.90 Å². The fraction of sp³-hybridized carbons (Fsp3) is 0.571. The Labute approximate surface area is 104 Å². The lowest BCUT2D eigenvalue weighted by atomic mass is 10.1. The van der Waals surface area contributed by atoms with Crippen LogP contribution in [0.4, 0.5) is 5.69 Å². The molecule has 0 radical (unpaired) electrons. The smallest absolute Gasteiger partial charge is 0.0604 e. The molecule has 1 saturated heterocycles. The Bertz CT molecular complexity index is 363. The molecule has 1 N–H and O–H groups in total. The summed E-state index contributed by atoms with van der Waals surface area (Å²) in [6, 6.07) is 9.34. The summed E-state index contributed by atoms with van der Waals surface area (Å²) in [7, 11) is 2.10. The van der Waals surface area contributed by atoms with Gasteiger partial charge in [-0.15, -0.1) is 0 Å². The van der Waals surface area contributed by atoms with Gasteiger partial charge in [0.2, 0.25) is 0 Å². The van der Waals surface area contributed by atoms with Crippen molar-refractivity contribution in [2.24, 2.45) is 0 Å². The van der Waals surface area contributed by atoms with Gasteiger partial charge in [0.25, 0.3) is 0 Å². The molecule has 1 heterocycles. The number of anilines is 1. The van der Waals surface area contributed by atoms with Crippen LogP contribution in [0.25, 0.3) is 0 Å². The quantitative estimate of drug-likeness (QED) is 0.840. The molecule has 1 fully saturated rings. The minimum atomic E-state index is 0.225. The Morgan fingerprint density at radius 1 is 1.24 bits per heavy atom. The van der Waals surface area contributed by atoms with Crippen molar-refractivity contribution in [3.05, 3.63) is 29.8 Å². The van der Waals surface area contributed by atoms with Crippen molar-refractivity contribution in [2.45, 2.75) is 25.9 Å². The van der Waals surface area contributed by atoms with E-state index in [-0.39, 0.29) is 12.6 Å². The van der Waals surface area contributed by atoms with Crippen molar-refractivity contribution in [1.82, 2.24) is 4.90 Å². The molecule has 2 rings (SSSR count). The average Bonchev–Trinajstić information content (AvgIpc) is 2.33. The Hall–Kier alpha value is -1.06. The predicted octanol–water partition coefficient (Wildman–Crippen LogP) is 1.50. The number of hydrogen-bond donors (Lipinski definition) is 1. The van der Waals surface area contributed by atoms with E-state index in [1.54, 1.807) is 0 Å². The Balaban J connectivity index is 2.14. The van der Waals surface area contributed by atoms with E-state index in [1.807, 2.05) is 0 Å². The summed E-state index contributed by atoms with van der Waals surface area (Å²) >= 11 is 0. The SMILES string of the molecule is Cc1ccc(N2CC(C)N(C)C(CO)C2)cc1. The molecule has 2 unspecified atom stereocenters. The number of hydrogen-bond acceptors (Lipinski definition) is 3. The van der Waals surface area contributed by atoms with E-state index >= 15 is 0 Å². The van der Waals surface area contributed by atoms with E-state index in [2.05, 4.69) is 55.0 Å². The molecular weight excluding hydrogens is 212 g/mol. The molecule has 1 aromatic carbocycles. The summed E-state index contributed by atoms with van der Waals surface area (Å²) < 4.78 is 0. The summed E-state index contributed by atoms with van der Waals surface area (Å²) in [5.41, 5.74) is 2.55. The number of aliphatic hydroxyl groups excluding tert-OH is 1. The van der Waals surface area contributed by atoms with Gasteiger partial charge in [-0.25, -0.2) is 0 Å². The summed E-state index contributed by atoms with van der Waals surface area (Å²) in [5, 5.41) is 9.42. The van der Waals surface area contributed by atoms with Gasteiger partial charge in [-0.05, 0) is 33.0 Å². The molecule has 2 atom stereocenters. The highest BCUT2D eigenvalue weighted by atomic mass is 16.3. The first-order valence-electron chi connectivity index (χ1n) is 6.26. The molecule has 17 heavy (non-hydrogen) atoms. The van der Waals surface area contributed by atoms with E-state index in [0.29, 0.717) is 6.04 Å². The maximum Gasteiger partial charge on any atom is 0.0604 e. The Morgan fingerprint density at radius 3 is 2.47 bits per heavy atom. The third-order valence-electron chi connectivity index (χ3n) is 3.80. The van der Waals surface area contributed by atoms with Crippen LogP contribution in [0.5, 0.6) is 0 Å². The van der Waals surface area contributed by atoms with Gasteiger partial charge >= 0.3 is 0 Å². The molecule has 0 bridgehead atoms. The molecule has 0 aromatic heterocycles. The van der Waals surface area contributed by atoms with Crippen LogP contribution in [0, 0.1) is 6.92 Å². The van der Waals surface area contributed by atoms with Crippen molar-refractivity contribution in [3.63, 3.8) is 0 Å². The molecule has 0 saturated carbocycles. The molecule has 1 aliphatic rings. The van der Waals surface area contributed by atoms with Crippen molar-refractivity contribution >= 4 is 5.69 Å². The van der Waals surface area contributed by atoms with Crippen molar-refractivity contribution < 1.29 is 5.11 Å². The first kappa shape index (κ1) is 12.4. The van der Waals surface area contributed by atoms with Crippen molar-refractivity contribution in [1.29, 1.82) is 0 Å². The molecule has 0 amide bonds. The van der Waals surface area contributed by atoms with Crippen LogP contribution in [-0.4, -0.2) is 48.8 Å². The van der Waals surface area contributed by atoms with Crippen LogP contribution in [-0.2, 0) is 0 Å². The molecule has 0 aliphatic carbocycles. The van der Waals surface area contributed by atoms with Crippen LogP contribution in [0.15, 0.2) is 24.3 Å². The summed E-state index contributed by atoms with van der Waals surface area (Å²) in [6.07, 6.45) is 0. The average molecular weight is 234 g/mol. The predicted molar refractivity (Wildman–Crippen MR) is 71.5 cm³/mol. The molecule has 94 valence electrons. The number of piperazine rings is 1. The topological polar surface area (TPSA) is 26.7 Å². The zero-order chi connectivity index (χ0) is 12.4. The van der Waals surface area contributed by atoms with Gasteiger partial charge in [0.15, 0.2) is 0 Å². The molecule has 3 heteroatoms. The standard InChI is InChI=1S/C14H22N2O/c1-11-4-6-13(7-5-11)16-8-12(2)15(3)14(9-16)10-17/h4-7,12,14,17H,8-10H2,1-3H3. The number of benzene rings is 1. The van der Waals surface area contributed by atoms with Crippen molar-refractivity contribution in [3.8, 4) is 0 Å². The number of likely N-dealkylation sites (N-methyl/N-ethyl adjacent to an activating group) is 1. The minimum absolute atomic E-state index is 0.225. The van der Waals surface area contributed by atoms with Gasteiger partial charge < -0.3 is 10.0 Å². The first-order chi connectivity index (χ1) is 8.11. The molecule has 3 nitrogen and oxygen atoms in total. The highest BCUT2D eigenvalue weighted by Gasteiger charge is 2.28. The van der Waals surface area contributed by atoms with Gasteiger partial charge in [0.1, 0.15) is 0 Å². The largest absolute Gasteiger partial charge is 0.395 e. The first-order valence-corrected chi connectivity index (χ1v) is 6.26. The zero-order valence-electron chi connectivity index (χ0n) is 10.9. The molecule has 1 aliphatic heterocycles. The molecule has 0 spiro atoms. The van der Waals surface area contributed by atoms with Gasteiger partial charge in [0.05, 0.1) is 12.6 Å². The number of nitrogens with zero attached hydrogens (tertiary/aromatic N) is 2. The number of aryl methyl sites for hydroxylation is 1. The normalized spacial score (nSPS) is 26.2. The lowest BCUT2D eigenvalue weighted by Gasteiger charge is -2.44. The fourth-order valence-corrected chi connectivity index (χ4v) is 2.42. The number of rotatable bonds is 2. The fourth-order valence-electron chi connectivity index (χ4n) is 2.42. The third-order valence-corrected chi connectivity index (χ3v) is 3.80. The van der Waals surface area contributed by atoms with Crippen LogP contribution in [0.1, 0.15) is 12.5 Å². The van der Waals surface area contributed by atoms with E-state index in [1.165, 1.54) is 11.3 Å². The maximum atomic E-state index is 9.42. The summed E-state index contributed by atoms with van der Waals surface area (Å²) in [6.45, 7) is 6.47. The zero-order valence-corrected chi connectivity index (χ0v) is 10.9. The summed E-state index contributed by atoms with van der Waals surface area (Å²) in [5.74, 6) is 0. The maximum absolute atomic E-state index is 9.42. The van der Waals surface area contributed by atoms with E-state index < -0.39 is 0 Å². The minimum Gasteiger partial charge on any atom is -0.395 e. The van der Waals surface area contributed by atoms with Crippen molar-refractivity contribution in [2.75, 3.05) is 31.6 Å². The van der Waals surface area contributed by atoms with Gasteiger partial charge in [-0.3, -0.25) is 4.90 Å². The monoisotopic (exact) mass is 234 g/mol.